The van der Waals surface area contributed by atoms with E-state index < -0.39 is 10.0 Å². The molecule has 0 saturated carbocycles. The fraction of sp³-hybridized carbons (Fsp3) is 0.353. The zero-order chi connectivity index (χ0) is 17.9. The quantitative estimate of drug-likeness (QED) is 0.806. The third-order valence-corrected chi connectivity index (χ3v) is 6.10. The Morgan fingerprint density at radius 3 is 2.56 bits per heavy atom. The normalized spacial score (nSPS) is 16.9. The summed E-state index contributed by atoms with van der Waals surface area (Å²) in [5.74, 6) is 0. The predicted octanol–water partition coefficient (Wildman–Crippen LogP) is 3.50. The van der Waals surface area contributed by atoms with Gasteiger partial charge in [-0.2, -0.15) is 0 Å². The molecule has 0 spiro atoms. The van der Waals surface area contributed by atoms with Crippen molar-refractivity contribution in [3.8, 4) is 0 Å². The van der Waals surface area contributed by atoms with E-state index in [4.69, 9.17) is 23.2 Å². The van der Waals surface area contributed by atoms with Gasteiger partial charge in [-0.05, 0) is 49.7 Å². The van der Waals surface area contributed by atoms with E-state index in [0.29, 0.717) is 5.02 Å². The Morgan fingerprint density at radius 1 is 1.12 bits per heavy atom. The summed E-state index contributed by atoms with van der Waals surface area (Å²) in [7, 11) is -3.68. The number of likely N-dealkylation sites (tertiary alicyclic amines) is 1. The molecule has 1 aliphatic rings. The van der Waals surface area contributed by atoms with Crippen LogP contribution in [0.3, 0.4) is 0 Å². The van der Waals surface area contributed by atoms with Gasteiger partial charge in [0.25, 0.3) is 0 Å². The third-order valence-electron chi connectivity index (χ3n) is 4.27. The van der Waals surface area contributed by atoms with Crippen molar-refractivity contribution in [2.75, 3.05) is 19.6 Å². The van der Waals surface area contributed by atoms with Crippen molar-refractivity contribution in [3.63, 3.8) is 0 Å². The summed E-state index contributed by atoms with van der Waals surface area (Å²) in [5, 5.41) is 0.928. The Labute approximate surface area is 158 Å². The van der Waals surface area contributed by atoms with Gasteiger partial charge in [0.05, 0.1) is 5.02 Å². The fourth-order valence-electron chi connectivity index (χ4n) is 3.04. The molecule has 1 atom stereocenters. The second kappa shape index (κ2) is 8.01. The van der Waals surface area contributed by atoms with Crippen LogP contribution in [0.4, 0.5) is 0 Å². The summed E-state index contributed by atoms with van der Waals surface area (Å²) >= 11 is 12.0. The van der Waals surface area contributed by atoms with Crippen molar-refractivity contribution in [1.82, 2.24) is 14.6 Å². The summed E-state index contributed by atoms with van der Waals surface area (Å²) in [4.78, 5) is 6.19. The number of hydrogen-bond donors (Lipinski definition) is 1. The molecule has 1 aromatic carbocycles. The van der Waals surface area contributed by atoms with Crippen molar-refractivity contribution in [2.45, 2.75) is 23.8 Å². The number of pyridine rings is 1. The number of nitrogens with one attached hydrogen (secondary N) is 1. The minimum atomic E-state index is -3.68. The molecule has 0 aliphatic carbocycles. The zero-order valence-electron chi connectivity index (χ0n) is 13.5. The molecule has 2 aromatic rings. The second-order valence-corrected chi connectivity index (χ2v) is 8.64. The molecule has 3 rings (SSSR count). The van der Waals surface area contributed by atoms with Crippen LogP contribution in [0.15, 0.2) is 47.6 Å². The van der Waals surface area contributed by atoms with Crippen molar-refractivity contribution < 1.29 is 8.42 Å². The molecule has 134 valence electrons. The molecule has 0 bridgehead atoms. The number of aromatic nitrogens is 1. The van der Waals surface area contributed by atoms with Crippen LogP contribution in [0.25, 0.3) is 0 Å². The number of sulfonamides is 1. The Kier molecular flexibility index (Phi) is 5.96. The van der Waals surface area contributed by atoms with Gasteiger partial charge >= 0.3 is 0 Å². The number of rotatable bonds is 6. The highest BCUT2D eigenvalue weighted by Crippen LogP contribution is 2.27. The first-order valence-electron chi connectivity index (χ1n) is 8.05. The van der Waals surface area contributed by atoms with Gasteiger partial charge in [-0.15, -0.1) is 0 Å². The molecule has 0 amide bonds. The maximum Gasteiger partial charge on any atom is 0.242 e. The Morgan fingerprint density at radius 2 is 1.88 bits per heavy atom. The first kappa shape index (κ1) is 18.6. The van der Waals surface area contributed by atoms with Crippen LogP contribution >= 0.6 is 23.2 Å². The topological polar surface area (TPSA) is 62.3 Å². The van der Waals surface area contributed by atoms with Gasteiger partial charge in [-0.1, -0.05) is 35.3 Å². The molecule has 1 saturated heterocycles. The minimum Gasteiger partial charge on any atom is -0.295 e. The van der Waals surface area contributed by atoms with Crippen LogP contribution in [0.5, 0.6) is 0 Å². The van der Waals surface area contributed by atoms with Crippen LogP contribution in [0.2, 0.25) is 10.0 Å². The number of halogens is 2. The average molecular weight is 400 g/mol. The van der Waals surface area contributed by atoms with Crippen molar-refractivity contribution in [2.24, 2.45) is 0 Å². The van der Waals surface area contributed by atoms with Crippen molar-refractivity contribution in [1.29, 1.82) is 0 Å². The molecule has 5 nitrogen and oxygen atoms in total. The highest BCUT2D eigenvalue weighted by molar-refractivity contribution is 7.89. The molecule has 25 heavy (non-hydrogen) atoms. The monoisotopic (exact) mass is 399 g/mol. The lowest BCUT2D eigenvalue weighted by Gasteiger charge is -2.28. The van der Waals surface area contributed by atoms with Crippen LogP contribution in [0.1, 0.15) is 24.4 Å². The summed E-state index contributed by atoms with van der Waals surface area (Å²) in [6.07, 6.45) is 4.92. The van der Waals surface area contributed by atoms with E-state index in [1.54, 1.807) is 0 Å². The van der Waals surface area contributed by atoms with Crippen LogP contribution in [-0.4, -0.2) is 37.9 Å². The Hall–Kier alpha value is -1.18. The molecular formula is C17H19Cl2N3O2S. The smallest absolute Gasteiger partial charge is 0.242 e. The molecule has 1 unspecified atom stereocenters. The van der Waals surface area contributed by atoms with Crippen LogP contribution < -0.4 is 4.72 Å². The number of benzene rings is 1. The zero-order valence-corrected chi connectivity index (χ0v) is 15.9. The predicted molar refractivity (Wildman–Crippen MR) is 99.4 cm³/mol. The van der Waals surface area contributed by atoms with Crippen molar-refractivity contribution in [3.05, 3.63) is 58.3 Å². The Bertz CT molecular complexity index is 839. The lowest BCUT2D eigenvalue weighted by Crippen LogP contribution is -2.36. The second-order valence-electron chi connectivity index (χ2n) is 6.00. The lowest BCUT2D eigenvalue weighted by atomic mass is 10.1. The summed E-state index contributed by atoms with van der Waals surface area (Å²) in [6, 6.07) is 8.89. The van der Waals surface area contributed by atoms with E-state index >= 15 is 0 Å². The summed E-state index contributed by atoms with van der Waals surface area (Å²) in [5.41, 5.74) is 1.00. The molecule has 1 aromatic heterocycles. The lowest BCUT2D eigenvalue weighted by molar-refractivity contribution is 0.246. The molecule has 8 heteroatoms. The van der Waals surface area contributed by atoms with E-state index in [0.717, 1.165) is 31.5 Å². The standard InChI is InChI=1S/C17H19Cl2N3O2S/c18-14-5-3-4-13(8-14)17(22-6-1-2-7-22)12-21-25(23,24)16-9-15(19)10-20-11-16/h3-5,8-11,17,21H,1-2,6-7,12H2. The first-order chi connectivity index (χ1) is 12.0. The van der Waals surface area contributed by atoms with Gasteiger partial charge in [-0.25, -0.2) is 13.1 Å². The van der Waals surface area contributed by atoms with Gasteiger partial charge in [0, 0.05) is 30.0 Å². The van der Waals surface area contributed by atoms with E-state index in [1.807, 2.05) is 24.3 Å². The SMILES string of the molecule is O=S(=O)(NCC(c1cccc(Cl)c1)N1CCCC1)c1cncc(Cl)c1. The van der Waals surface area contributed by atoms with E-state index in [2.05, 4.69) is 14.6 Å². The summed E-state index contributed by atoms with van der Waals surface area (Å²) in [6.45, 7) is 2.14. The van der Waals surface area contributed by atoms with Crippen molar-refractivity contribution >= 4 is 33.2 Å². The highest BCUT2D eigenvalue weighted by atomic mass is 35.5. The third kappa shape index (κ3) is 4.71. The van der Waals surface area contributed by atoms with E-state index in [9.17, 15) is 8.42 Å². The van der Waals surface area contributed by atoms with E-state index in [1.165, 1.54) is 18.5 Å². The molecule has 0 radical (unpaired) electrons. The number of hydrogen-bond acceptors (Lipinski definition) is 4. The molecule has 1 aliphatic heterocycles. The molecule has 1 N–H and O–H groups in total. The highest BCUT2D eigenvalue weighted by Gasteiger charge is 2.26. The molecule has 1 fully saturated rings. The average Bonchev–Trinajstić information content (AvgIpc) is 3.09. The maximum absolute atomic E-state index is 12.5. The van der Waals surface area contributed by atoms with Gasteiger partial charge in [0.1, 0.15) is 4.90 Å². The first-order valence-corrected chi connectivity index (χ1v) is 10.3. The van der Waals surface area contributed by atoms with Crippen LogP contribution in [0, 0.1) is 0 Å². The Balaban J connectivity index is 1.81. The molecule has 2 heterocycles. The van der Waals surface area contributed by atoms with Gasteiger partial charge in [0.2, 0.25) is 10.0 Å². The van der Waals surface area contributed by atoms with Gasteiger partial charge in [0.15, 0.2) is 0 Å². The van der Waals surface area contributed by atoms with E-state index in [-0.39, 0.29) is 22.5 Å². The van der Waals surface area contributed by atoms with Gasteiger partial charge < -0.3 is 0 Å². The largest absolute Gasteiger partial charge is 0.295 e. The summed E-state index contributed by atoms with van der Waals surface area (Å²) < 4.78 is 27.8. The van der Waals surface area contributed by atoms with Gasteiger partial charge in [-0.3, -0.25) is 9.88 Å². The van der Waals surface area contributed by atoms with Crippen LogP contribution in [-0.2, 0) is 10.0 Å². The number of nitrogens with zero attached hydrogens (tertiary/aromatic N) is 2. The molecular weight excluding hydrogens is 381 g/mol. The fourth-order valence-corrected chi connectivity index (χ4v) is 4.50. The maximum atomic E-state index is 12.5. The minimum absolute atomic E-state index is 0.0614.